The second kappa shape index (κ2) is 7.28. The fourth-order valence-electron chi connectivity index (χ4n) is 4.89. The Bertz CT molecular complexity index is 1180. The quantitative estimate of drug-likeness (QED) is 0.520. The molecule has 3 aliphatic rings. The van der Waals surface area contributed by atoms with Gasteiger partial charge in [-0.2, -0.15) is 13.5 Å². The van der Waals surface area contributed by atoms with Crippen LogP contribution in [0.4, 0.5) is 0 Å². The van der Waals surface area contributed by atoms with Crippen molar-refractivity contribution in [2.45, 2.75) is 63.9 Å². The Balaban J connectivity index is 1.46. The van der Waals surface area contributed by atoms with Gasteiger partial charge < -0.3 is 5.11 Å². The minimum atomic E-state index is -3.69. The first-order valence-electron chi connectivity index (χ1n) is 10.5. The summed E-state index contributed by atoms with van der Waals surface area (Å²) in [5.74, 6) is -0.195. The molecule has 1 saturated carbocycles. The van der Waals surface area contributed by atoms with Crippen LogP contribution >= 0.6 is 0 Å². The topological polar surface area (TPSA) is 95.8 Å². The zero-order valence-corrected chi connectivity index (χ0v) is 19.1. The monoisotopic (exact) mass is 440 g/mol. The fraction of sp³-hybridized carbons (Fsp3) is 0.417. The highest BCUT2D eigenvalue weighted by Gasteiger charge is 2.64. The second-order valence-corrected chi connectivity index (χ2v) is 10.6. The molecule has 1 atom stereocenters. The van der Waals surface area contributed by atoms with Crippen LogP contribution in [0.15, 0.2) is 68.2 Å². The molecule has 0 unspecified atom stereocenters. The van der Waals surface area contributed by atoms with E-state index in [1.54, 1.807) is 37.4 Å². The highest BCUT2D eigenvalue weighted by molar-refractivity contribution is 7.89. The average molecular weight is 441 g/mol. The number of Topliss-reactive ketones (excluding diaryl/α,β-unsaturated/α-hetero) is 1. The van der Waals surface area contributed by atoms with E-state index in [1.807, 2.05) is 26.8 Å². The van der Waals surface area contributed by atoms with Gasteiger partial charge in [-0.1, -0.05) is 23.3 Å². The van der Waals surface area contributed by atoms with Crippen molar-refractivity contribution in [1.82, 2.24) is 4.83 Å². The second-order valence-electron chi connectivity index (χ2n) is 8.96. The van der Waals surface area contributed by atoms with E-state index in [0.29, 0.717) is 18.4 Å². The molecular formula is C24H28N2O4S. The molecule has 164 valence electrons. The summed E-state index contributed by atoms with van der Waals surface area (Å²) >= 11 is 0. The lowest BCUT2D eigenvalue weighted by Crippen LogP contribution is -2.49. The Morgan fingerprint density at radius 1 is 1.16 bits per heavy atom. The van der Waals surface area contributed by atoms with E-state index < -0.39 is 21.0 Å². The third kappa shape index (κ3) is 3.40. The van der Waals surface area contributed by atoms with E-state index in [2.05, 4.69) is 9.93 Å². The summed E-state index contributed by atoms with van der Waals surface area (Å²) in [5.41, 5.74) is 3.95. The Kier molecular flexibility index (Phi) is 5.10. The number of aryl methyl sites for hydroxylation is 1. The molecule has 4 rings (SSSR count). The molecule has 0 bridgehead atoms. The van der Waals surface area contributed by atoms with Crippen LogP contribution < -0.4 is 4.83 Å². The third-order valence-electron chi connectivity index (χ3n) is 6.99. The lowest BCUT2D eigenvalue weighted by atomic mass is 9.67. The van der Waals surface area contributed by atoms with Crippen molar-refractivity contribution in [3.8, 4) is 0 Å². The van der Waals surface area contributed by atoms with Crippen molar-refractivity contribution in [3.05, 3.63) is 63.8 Å². The maximum absolute atomic E-state index is 13.0. The summed E-state index contributed by atoms with van der Waals surface area (Å²) in [7, 11) is -3.69. The van der Waals surface area contributed by atoms with Gasteiger partial charge in [0.1, 0.15) is 5.60 Å². The number of aliphatic hydroxyl groups is 1. The predicted molar refractivity (Wildman–Crippen MR) is 120 cm³/mol. The van der Waals surface area contributed by atoms with Crippen LogP contribution in [0.3, 0.4) is 0 Å². The van der Waals surface area contributed by atoms with Crippen molar-refractivity contribution in [3.63, 3.8) is 0 Å². The number of ketones is 1. The lowest BCUT2D eigenvalue weighted by molar-refractivity contribution is -0.137. The zero-order valence-electron chi connectivity index (χ0n) is 18.3. The van der Waals surface area contributed by atoms with Crippen molar-refractivity contribution in [2.24, 2.45) is 10.5 Å². The van der Waals surface area contributed by atoms with Gasteiger partial charge in [-0.15, -0.1) is 0 Å². The van der Waals surface area contributed by atoms with Crippen LogP contribution in [-0.4, -0.2) is 31.1 Å². The highest BCUT2D eigenvalue weighted by atomic mass is 32.2. The third-order valence-corrected chi connectivity index (χ3v) is 8.23. The molecule has 6 nitrogen and oxygen atoms in total. The van der Waals surface area contributed by atoms with Gasteiger partial charge in [0, 0.05) is 17.2 Å². The Morgan fingerprint density at radius 2 is 1.81 bits per heavy atom. The number of rotatable bonds is 6. The number of hydrogen-bond donors (Lipinski definition) is 2. The number of sulfonamides is 1. The first kappa shape index (κ1) is 21.7. The minimum absolute atomic E-state index is 0.168. The van der Waals surface area contributed by atoms with E-state index in [1.165, 1.54) is 0 Å². The Labute approximate surface area is 183 Å². The molecule has 0 aromatic heterocycles. The number of nitrogens with one attached hydrogen (secondary N) is 1. The molecule has 0 amide bonds. The largest absolute Gasteiger partial charge is 0.381 e. The number of hydrazone groups is 1. The first-order valence-corrected chi connectivity index (χ1v) is 12.0. The van der Waals surface area contributed by atoms with Gasteiger partial charge >= 0.3 is 0 Å². The summed E-state index contributed by atoms with van der Waals surface area (Å²) in [6.07, 6.45) is 6.23. The number of carbonyl (C=O) groups is 1. The zero-order chi connectivity index (χ0) is 22.6. The van der Waals surface area contributed by atoms with Gasteiger partial charge in [0.05, 0.1) is 4.90 Å². The normalized spacial score (nSPS) is 24.8. The molecule has 0 saturated heterocycles. The van der Waals surface area contributed by atoms with E-state index in [9.17, 15) is 18.3 Å². The molecule has 0 aliphatic heterocycles. The molecule has 1 spiro atoms. The smallest absolute Gasteiger partial charge is 0.276 e. The Morgan fingerprint density at radius 3 is 2.42 bits per heavy atom. The van der Waals surface area contributed by atoms with E-state index in [4.69, 9.17) is 0 Å². The van der Waals surface area contributed by atoms with Crippen LogP contribution in [0, 0.1) is 12.3 Å². The maximum atomic E-state index is 13.0. The van der Waals surface area contributed by atoms with Crippen molar-refractivity contribution < 1.29 is 18.3 Å². The summed E-state index contributed by atoms with van der Waals surface area (Å²) in [6.45, 7) is 7.54. The van der Waals surface area contributed by atoms with Crippen molar-refractivity contribution in [1.29, 1.82) is 0 Å². The van der Waals surface area contributed by atoms with E-state index in [0.717, 1.165) is 40.7 Å². The average Bonchev–Trinajstić information content (AvgIpc) is 3.46. The summed E-state index contributed by atoms with van der Waals surface area (Å²) < 4.78 is 24.6. The molecule has 7 heteroatoms. The van der Waals surface area contributed by atoms with Gasteiger partial charge in [-0.25, -0.2) is 4.83 Å². The standard InChI is InChI=1S/C24H28N2O4S/c1-15-7-9-18(10-8-15)31(29,30)26-25-13-5-6-19-16(2)14-20-21(19)17(3)24(11-12-24)23(4,28)22(20)27/h7-10,13-14,26,28H,5-6,11-12H2,1-4H3/t23-/m0/s1. The molecule has 0 radical (unpaired) electrons. The van der Waals surface area contributed by atoms with Gasteiger partial charge in [-0.05, 0) is 88.3 Å². The maximum Gasteiger partial charge on any atom is 0.276 e. The highest BCUT2D eigenvalue weighted by Crippen LogP contribution is 2.65. The van der Waals surface area contributed by atoms with Gasteiger partial charge in [0.25, 0.3) is 10.0 Å². The fourth-order valence-corrected chi connectivity index (χ4v) is 5.70. The van der Waals surface area contributed by atoms with Crippen molar-refractivity contribution >= 4 is 22.0 Å². The predicted octanol–water partition coefficient (Wildman–Crippen LogP) is 3.73. The number of hydrogen-bond acceptors (Lipinski definition) is 5. The Hall–Kier alpha value is -2.51. The minimum Gasteiger partial charge on any atom is -0.381 e. The number of nitrogens with zero attached hydrogens (tertiary/aromatic N) is 1. The van der Waals surface area contributed by atoms with Gasteiger partial charge in [0.15, 0.2) is 5.78 Å². The summed E-state index contributed by atoms with van der Waals surface area (Å²) in [5, 5.41) is 14.8. The summed E-state index contributed by atoms with van der Waals surface area (Å²) in [6, 6.07) is 6.57. The number of allylic oxidation sites excluding steroid dienone is 4. The first-order chi connectivity index (χ1) is 14.5. The number of fused-ring (bicyclic) bond motifs is 1. The van der Waals surface area contributed by atoms with E-state index in [-0.39, 0.29) is 10.7 Å². The van der Waals surface area contributed by atoms with Gasteiger partial charge in [-0.3, -0.25) is 4.79 Å². The van der Waals surface area contributed by atoms with Crippen LogP contribution in [-0.2, 0) is 14.8 Å². The molecule has 0 heterocycles. The SMILES string of the molecule is CC1=C(CCC=NNS(=O)(=O)c2ccc(C)cc2)C2=C(C)C3(CC3)[C@@](C)(O)C(=O)C2=C1. The number of carbonyl (C=O) groups excluding carboxylic acids is 1. The van der Waals surface area contributed by atoms with Crippen LogP contribution in [0.2, 0.25) is 0 Å². The molecule has 1 fully saturated rings. The summed E-state index contributed by atoms with van der Waals surface area (Å²) in [4.78, 5) is 15.4. The van der Waals surface area contributed by atoms with Crippen LogP contribution in [0.1, 0.15) is 52.0 Å². The van der Waals surface area contributed by atoms with Crippen LogP contribution in [0.5, 0.6) is 0 Å². The van der Waals surface area contributed by atoms with Gasteiger partial charge in [0.2, 0.25) is 0 Å². The van der Waals surface area contributed by atoms with Crippen molar-refractivity contribution in [2.75, 3.05) is 0 Å². The molecule has 31 heavy (non-hydrogen) atoms. The molecule has 1 aromatic carbocycles. The molecule has 3 aliphatic carbocycles. The molecule has 2 N–H and O–H groups in total. The molecule has 1 aromatic rings. The van der Waals surface area contributed by atoms with Crippen LogP contribution in [0.25, 0.3) is 0 Å². The lowest BCUT2D eigenvalue weighted by Gasteiger charge is -2.39. The van der Waals surface area contributed by atoms with E-state index >= 15 is 0 Å². The number of benzene rings is 1. The molecular weight excluding hydrogens is 412 g/mol.